The quantitative estimate of drug-likeness (QED) is 0.781. The fraction of sp³-hybridized carbons (Fsp3) is 1.00. The molecule has 1 fully saturated rings. The first-order valence-electron chi connectivity index (χ1n) is 5.77. The van der Waals surface area contributed by atoms with Crippen LogP contribution in [0.15, 0.2) is 0 Å². The van der Waals surface area contributed by atoms with Gasteiger partial charge in [0.25, 0.3) is 0 Å². The van der Waals surface area contributed by atoms with E-state index < -0.39 is 8.32 Å². The predicted molar refractivity (Wildman–Crippen MR) is 72.7 cm³/mol. The van der Waals surface area contributed by atoms with E-state index in [1.165, 1.54) is 0 Å². The number of halogens is 1. The summed E-state index contributed by atoms with van der Waals surface area (Å²) in [6, 6.07) is 0. The van der Waals surface area contributed by atoms with Crippen molar-refractivity contribution in [3.8, 4) is 0 Å². The van der Waals surface area contributed by atoms with Gasteiger partial charge in [-0.15, -0.1) is 12.4 Å². The lowest BCUT2D eigenvalue weighted by atomic mass is 10.2. The number of rotatable bonds is 2. The van der Waals surface area contributed by atoms with E-state index in [1.54, 1.807) is 0 Å². The van der Waals surface area contributed by atoms with Crippen LogP contribution in [0.1, 0.15) is 27.7 Å². The number of hydrogen-bond donors (Lipinski definition) is 1. The summed E-state index contributed by atoms with van der Waals surface area (Å²) in [6.07, 6.45) is 0.229. The lowest BCUT2D eigenvalue weighted by Crippen LogP contribution is -2.55. The monoisotopic (exact) mass is 267 g/mol. The molecule has 1 aliphatic rings. The number of ether oxygens (including phenoxy) is 1. The topological polar surface area (TPSA) is 30.5 Å². The van der Waals surface area contributed by atoms with Gasteiger partial charge in [0.15, 0.2) is 8.32 Å². The Morgan fingerprint density at radius 2 is 1.88 bits per heavy atom. The van der Waals surface area contributed by atoms with Crippen LogP contribution in [0.25, 0.3) is 0 Å². The van der Waals surface area contributed by atoms with Crippen LogP contribution in [0.2, 0.25) is 18.1 Å². The molecule has 0 saturated carbocycles. The van der Waals surface area contributed by atoms with Crippen LogP contribution in [0.3, 0.4) is 0 Å². The van der Waals surface area contributed by atoms with Crippen molar-refractivity contribution in [3.05, 3.63) is 0 Å². The van der Waals surface area contributed by atoms with Crippen molar-refractivity contribution in [3.63, 3.8) is 0 Å². The zero-order chi connectivity index (χ0) is 11.7. The Kier molecular flexibility index (Phi) is 5.96. The van der Waals surface area contributed by atoms with Gasteiger partial charge in [-0.2, -0.15) is 0 Å². The van der Waals surface area contributed by atoms with Crippen LogP contribution in [0.4, 0.5) is 0 Å². The minimum atomic E-state index is -1.68. The van der Waals surface area contributed by atoms with Gasteiger partial charge in [-0.25, -0.2) is 0 Å². The first-order chi connectivity index (χ1) is 6.74. The molecule has 0 aliphatic carbocycles. The molecule has 3 nitrogen and oxygen atoms in total. The van der Waals surface area contributed by atoms with Crippen LogP contribution >= 0.6 is 12.4 Å². The highest BCUT2D eigenvalue weighted by molar-refractivity contribution is 6.74. The Morgan fingerprint density at radius 3 is 2.31 bits per heavy atom. The molecule has 1 N–H and O–H groups in total. The molecule has 0 spiro atoms. The average Bonchev–Trinajstić information content (AvgIpc) is 2.06. The molecular weight excluding hydrogens is 242 g/mol. The second-order valence-corrected chi connectivity index (χ2v) is 10.6. The summed E-state index contributed by atoms with van der Waals surface area (Å²) in [4.78, 5) is 0. The zero-order valence-corrected chi connectivity index (χ0v) is 13.1. The molecule has 0 aromatic heterocycles. The molecule has 0 aromatic rings. The third-order valence-electron chi connectivity index (χ3n) is 3.48. The second-order valence-electron chi connectivity index (χ2n) is 5.83. The predicted octanol–water partition coefficient (Wildman–Crippen LogP) is 2.76. The molecule has 16 heavy (non-hydrogen) atoms. The van der Waals surface area contributed by atoms with E-state index in [0.717, 1.165) is 13.2 Å². The Balaban J connectivity index is 0.00000225. The first kappa shape index (κ1) is 16.4. The molecule has 0 aromatic carbocycles. The highest BCUT2D eigenvalue weighted by Crippen LogP contribution is 2.37. The lowest BCUT2D eigenvalue weighted by molar-refractivity contribution is -0.0662. The van der Waals surface area contributed by atoms with Crippen molar-refractivity contribution in [1.29, 1.82) is 0 Å². The van der Waals surface area contributed by atoms with Gasteiger partial charge in [-0.1, -0.05) is 20.8 Å². The maximum absolute atomic E-state index is 6.26. The second kappa shape index (κ2) is 5.82. The molecule has 1 rings (SSSR count). The smallest absolute Gasteiger partial charge is 0.194 e. The Bertz CT molecular complexity index is 219. The fourth-order valence-electron chi connectivity index (χ4n) is 1.33. The summed E-state index contributed by atoms with van der Waals surface area (Å²) in [5.41, 5.74) is 0. The first-order valence-corrected chi connectivity index (χ1v) is 8.68. The van der Waals surface area contributed by atoms with Crippen molar-refractivity contribution >= 4 is 20.7 Å². The minimum absolute atomic E-state index is 0. The van der Waals surface area contributed by atoms with Crippen molar-refractivity contribution < 1.29 is 9.16 Å². The SMILES string of the molecule is CC1OCCN[C@H]1O[Si](C)(C)C(C)(C)C.Cl. The van der Waals surface area contributed by atoms with E-state index in [-0.39, 0.29) is 29.8 Å². The van der Waals surface area contributed by atoms with Crippen molar-refractivity contribution in [1.82, 2.24) is 5.32 Å². The van der Waals surface area contributed by atoms with Gasteiger partial charge in [-0.3, -0.25) is 5.32 Å². The van der Waals surface area contributed by atoms with E-state index >= 15 is 0 Å². The van der Waals surface area contributed by atoms with Crippen molar-refractivity contribution in [2.75, 3.05) is 13.2 Å². The standard InChI is InChI=1S/C11H25NO2Si.ClH/c1-9-10(12-7-8-13-9)14-15(5,6)11(2,3)4;/h9-10,12H,7-8H2,1-6H3;1H/t9?,10-;/m0./s1. The average molecular weight is 268 g/mol. The van der Waals surface area contributed by atoms with E-state index in [4.69, 9.17) is 9.16 Å². The van der Waals surface area contributed by atoms with Crippen molar-refractivity contribution in [2.45, 2.75) is 58.2 Å². The van der Waals surface area contributed by atoms with Crippen LogP contribution in [0.5, 0.6) is 0 Å². The van der Waals surface area contributed by atoms with E-state index in [9.17, 15) is 0 Å². The van der Waals surface area contributed by atoms with E-state index in [2.05, 4.69) is 46.1 Å². The van der Waals surface area contributed by atoms with Gasteiger partial charge >= 0.3 is 0 Å². The highest BCUT2D eigenvalue weighted by Gasteiger charge is 2.40. The molecule has 0 radical (unpaired) electrons. The van der Waals surface area contributed by atoms with Crippen LogP contribution in [-0.2, 0) is 9.16 Å². The van der Waals surface area contributed by atoms with E-state index in [0.29, 0.717) is 0 Å². The number of morpholine rings is 1. The third kappa shape index (κ3) is 4.00. The molecule has 1 saturated heterocycles. The highest BCUT2D eigenvalue weighted by atomic mass is 35.5. The Morgan fingerprint density at radius 1 is 1.31 bits per heavy atom. The lowest BCUT2D eigenvalue weighted by Gasteiger charge is -2.42. The van der Waals surface area contributed by atoms with E-state index in [1.807, 2.05) is 0 Å². The minimum Gasteiger partial charge on any atom is -0.399 e. The molecule has 0 bridgehead atoms. The summed E-state index contributed by atoms with van der Waals surface area (Å²) >= 11 is 0. The number of nitrogens with one attached hydrogen (secondary N) is 1. The summed E-state index contributed by atoms with van der Waals surface area (Å²) in [5.74, 6) is 0. The molecule has 1 aliphatic heterocycles. The van der Waals surface area contributed by atoms with Gasteiger partial charge in [0.05, 0.1) is 12.7 Å². The van der Waals surface area contributed by atoms with Crippen LogP contribution < -0.4 is 5.32 Å². The summed E-state index contributed by atoms with van der Waals surface area (Å²) < 4.78 is 11.8. The Hall–Kier alpha value is 0.387. The zero-order valence-electron chi connectivity index (χ0n) is 11.3. The molecular formula is C11H26ClNO2Si. The summed E-state index contributed by atoms with van der Waals surface area (Å²) in [5, 5.41) is 3.64. The van der Waals surface area contributed by atoms with Crippen LogP contribution in [-0.4, -0.2) is 33.8 Å². The molecule has 98 valence electrons. The molecule has 0 amide bonds. The van der Waals surface area contributed by atoms with Gasteiger partial charge < -0.3 is 9.16 Å². The molecule has 5 heteroatoms. The maximum atomic E-state index is 6.26. The largest absolute Gasteiger partial charge is 0.399 e. The van der Waals surface area contributed by atoms with Gasteiger partial charge in [0, 0.05) is 6.54 Å². The van der Waals surface area contributed by atoms with Crippen molar-refractivity contribution in [2.24, 2.45) is 0 Å². The number of hydrogen-bond acceptors (Lipinski definition) is 3. The molecule has 1 heterocycles. The fourth-order valence-corrected chi connectivity index (χ4v) is 2.59. The molecule has 2 atom stereocenters. The van der Waals surface area contributed by atoms with Gasteiger partial charge in [0.2, 0.25) is 0 Å². The molecule has 1 unspecified atom stereocenters. The normalized spacial score (nSPS) is 27.4. The van der Waals surface area contributed by atoms with Crippen LogP contribution in [0, 0.1) is 0 Å². The van der Waals surface area contributed by atoms with Gasteiger partial charge in [0.1, 0.15) is 6.23 Å². The third-order valence-corrected chi connectivity index (χ3v) is 7.94. The Labute approximate surface area is 107 Å². The maximum Gasteiger partial charge on any atom is 0.194 e. The van der Waals surface area contributed by atoms with Gasteiger partial charge in [-0.05, 0) is 25.1 Å². The summed E-state index contributed by atoms with van der Waals surface area (Å²) in [7, 11) is -1.68. The summed E-state index contributed by atoms with van der Waals surface area (Å²) in [6.45, 7) is 15.1.